The largest absolute Gasteiger partial charge is 0.489 e. The molecule has 2 aromatic carbocycles. The van der Waals surface area contributed by atoms with E-state index in [-0.39, 0.29) is 24.3 Å². The zero-order valence-corrected chi connectivity index (χ0v) is 24.0. The maximum absolute atomic E-state index is 13.6. The van der Waals surface area contributed by atoms with Gasteiger partial charge in [0.25, 0.3) is 0 Å². The van der Waals surface area contributed by atoms with Crippen LogP contribution in [0.1, 0.15) is 44.7 Å². The molecule has 1 aliphatic rings. The number of rotatable bonds is 15. The number of hydrogen-bond acceptors (Lipinski definition) is 7. The van der Waals surface area contributed by atoms with Gasteiger partial charge in [0.05, 0.1) is 38.0 Å². The number of ether oxygens (including phenoxy) is 2. The number of hydrogen-bond donors (Lipinski definition) is 4. The number of morpholine rings is 1. The van der Waals surface area contributed by atoms with Crippen molar-refractivity contribution >= 4 is 11.8 Å². The Morgan fingerprint density at radius 3 is 2.20 bits per heavy atom. The van der Waals surface area contributed by atoms with Gasteiger partial charge in [-0.2, -0.15) is 0 Å². The average Bonchev–Trinajstić information content (AvgIpc) is 2.98. The number of nitrogens with one attached hydrogen (secondary N) is 2. The van der Waals surface area contributed by atoms with Crippen molar-refractivity contribution in [2.75, 3.05) is 39.5 Å². The molecule has 1 aliphatic heterocycles. The van der Waals surface area contributed by atoms with Gasteiger partial charge in [0.1, 0.15) is 18.4 Å². The van der Waals surface area contributed by atoms with Crippen LogP contribution in [0.4, 0.5) is 0 Å². The van der Waals surface area contributed by atoms with Crippen LogP contribution in [-0.4, -0.2) is 84.1 Å². The molecule has 1 fully saturated rings. The highest BCUT2D eigenvalue weighted by Gasteiger charge is 2.35. The normalized spacial score (nSPS) is 15.8. The van der Waals surface area contributed by atoms with Gasteiger partial charge in [0.2, 0.25) is 11.8 Å². The quantitative estimate of drug-likeness (QED) is 0.266. The van der Waals surface area contributed by atoms with Gasteiger partial charge in [-0.15, -0.1) is 0 Å². The van der Waals surface area contributed by atoms with Gasteiger partial charge in [0.15, 0.2) is 0 Å². The summed E-state index contributed by atoms with van der Waals surface area (Å²) in [5.74, 6) is 0.319. The minimum absolute atomic E-state index is 0.214. The summed E-state index contributed by atoms with van der Waals surface area (Å²) in [6.45, 7) is 7.99. The molecule has 9 heteroatoms. The van der Waals surface area contributed by atoms with E-state index in [2.05, 4.69) is 29.4 Å². The number of benzene rings is 2. The van der Waals surface area contributed by atoms with Crippen LogP contribution in [0.25, 0.3) is 0 Å². The lowest BCUT2D eigenvalue weighted by Crippen LogP contribution is -2.61. The molecule has 220 valence electrons. The second-order valence-corrected chi connectivity index (χ2v) is 10.9. The van der Waals surface area contributed by atoms with E-state index in [4.69, 9.17) is 9.47 Å². The standard InChI is InChI=1S/C31H45N3O6/c1-4-31(21-35,22-36)33-29(37)27(32-30(38)28(18-23(2)3)34-14-16-39-17-15-34)19-24-10-12-26(13-11-24)40-20-25-8-6-5-7-9-25/h5-13,23,27-28,35-36H,4,14-22H2,1-3H3,(H,32,38)(H,33,37)/t27-,28-/m0/s1. The van der Waals surface area contributed by atoms with Crippen LogP contribution < -0.4 is 15.4 Å². The highest BCUT2D eigenvalue weighted by Crippen LogP contribution is 2.18. The maximum atomic E-state index is 13.6. The molecule has 0 spiro atoms. The topological polar surface area (TPSA) is 120 Å². The van der Waals surface area contributed by atoms with Gasteiger partial charge in [-0.3, -0.25) is 14.5 Å². The van der Waals surface area contributed by atoms with Crippen molar-refractivity contribution in [2.24, 2.45) is 5.92 Å². The third kappa shape index (κ3) is 9.30. The molecule has 2 amide bonds. The van der Waals surface area contributed by atoms with Gasteiger partial charge in [-0.1, -0.05) is 63.2 Å². The van der Waals surface area contributed by atoms with Crippen LogP contribution in [0.2, 0.25) is 0 Å². The van der Waals surface area contributed by atoms with Crippen LogP contribution in [0.15, 0.2) is 54.6 Å². The van der Waals surface area contributed by atoms with Crippen molar-refractivity contribution in [3.63, 3.8) is 0 Å². The molecule has 1 heterocycles. The molecule has 3 rings (SSSR count). The lowest BCUT2D eigenvalue weighted by Gasteiger charge is -2.36. The molecule has 0 aliphatic carbocycles. The van der Waals surface area contributed by atoms with E-state index < -0.39 is 30.7 Å². The third-order valence-corrected chi connectivity index (χ3v) is 7.40. The lowest BCUT2D eigenvalue weighted by molar-refractivity contribution is -0.135. The van der Waals surface area contributed by atoms with Crippen molar-refractivity contribution in [3.8, 4) is 5.75 Å². The number of aliphatic hydroxyl groups is 2. The Bertz CT molecular complexity index is 1030. The summed E-state index contributed by atoms with van der Waals surface area (Å²) in [6.07, 6.45) is 1.23. The number of aliphatic hydroxyl groups excluding tert-OH is 2. The molecule has 4 N–H and O–H groups in total. The predicted molar refractivity (Wildman–Crippen MR) is 154 cm³/mol. The van der Waals surface area contributed by atoms with Crippen LogP contribution in [0.5, 0.6) is 5.75 Å². The molecule has 9 nitrogen and oxygen atoms in total. The van der Waals surface area contributed by atoms with E-state index in [1.807, 2.05) is 54.6 Å². The number of amides is 2. The Kier molecular flexibility index (Phi) is 12.4. The fourth-order valence-electron chi connectivity index (χ4n) is 4.72. The molecule has 0 bridgehead atoms. The fraction of sp³-hybridized carbons (Fsp3) is 0.548. The summed E-state index contributed by atoms with van der Waals surface area (Å²) in [4.78, 5) is 29.3. The molecular formula is C31H45N3O6. The summed E-state index contributed by atoms with van der Waals surface area (Å²) >= 11 is 0. The van der Waals surface area contributed by atoms with E-state index >= 15 is 0 Å². The van der Waals surface area contributed by atoms with Gasteiger partial charge >= 0.3 is 0 Å². The predicted octanol–water partition coefficient (Wildman–Crippen LogP) is 2.29. The summed E-state index contributed by atoms with van der Waals surface area (Å²) < 4.78 is 11.4. The molecule has 1 saturated heterocycles. The second kappa shape index (κ2) is 15.7. The van der Waals surface area contributed by atoms with Crippen LogP contribution in [0, 0.1) is 5.92 Å². The van der Waals surface area contributed by atoms with E-state index in [1.54, 1.807) is 6.92 Å². The zero-order chi connectivity index (χ0) is 29.0. The highest BCUT2D eigenvalue weighted by atomic mass is 16.5. The molecule has 2 atom stereocenters. The van der Waals surface area contributed by atoms with E-state index in [1.165, 1.54) is 0 Å². The monoisotopic (exact) mass is 555 g/mol. The van der Waals surface area contributed by atoms with Gasteiger partial charge in [-0.25, -0.2) is 0 Å². The smallest absolute Gasteiger partial charge is 0.243 e. The van der Waals surface area contributed by atoms with Crippen LogP contribution >= 0.6 is 0 Å². The molecule has 40 heavy (non-hydrogen) atoms. The minimum Gasteiger partial charge on any atom is -0.489 e. The van der Waals surface area contributed by atoms with Crippen molar-refractivity contribution < 1.29 is 29.3 Å². The minimum atomic E-state index is -1.17. The second-order valence-electron chi connectivity index (χ2n) is 10.9. The molecule has 0 unspecified atom stereocenters. The summed E-state index contributed by atoms with van der Waals surface area (Å²) in [7, 11) is 0. The molecular weight excluding hydrogens is 510 g/mol. The maximum Gasteiger partial charge on any atom is 0.243 e. The summed E-state index contributed by atoms with van der Waals surface area (Å²) in [6, 6.07) is 16.1. The first-order valence-electron chi connectivity index (χ1n) is 14.2. The van der Waals surface area contributed by atoms with Crippen molar-refractivity contribution in [1.82, 2.24) is 15.5 Å². The van der Waals surface area contributed by atoms with E-state index in [0.29, 0.717) is 51.5 Å². The zero-order valence-electron chi connectivity index (χ0n) is 24.0. The van der Waals surface area contributed by atoms with E-state index in [0.717, 1.165) is 11.1 Å². The number of carbonyl (C=O) groups excluding carboxylic acids is 2. The third-order valence-electron chi connectivity index (χ3n) is 7.40. The highest BCUT2D eigenvalue weighted by molar-refractivity contribution is 5.90. The Balaban J connectivity index is 1.76. The first-order chi connectivity index (χ1) is 19.3. The SMILES string of the molecule is CCC(CO)(CO)NC(=O)[C@H](Cc1ccc(OCc2ccccc2)cc1)NC(=O)[C@H](CC(C)C)N1CCOCC1. The first-order valence-corrected chi connectivity index (χ1v) is 14.2. The Morgan fingerprint density at radius 2 is 1.62 bits per heavy atom. The Morgan fingerprint density at radius 1 is 0.975 bits per heavy atom. The summed E-state index contributed by atoms with van der Waals surface area (Å²) in [5, 5.41) is 25.6. The Labute approximate surface area is 237 Å². The van der Waals surface area contributed by atoms with Crippen LogP contribution in [0.3, 0.4) is 0 Å². The van der Waals surface area contributed by atoms with Crippen molar-refractivity contribution in [2.45, 2.75) is 64.3 Å². The number of carbonyl (C=O) groups is 2. The number of nitrogens with zero attached hydrogens (tertiary/aromatic N) is 1. The molecule has 2 aromatic rings. The lowest BCUT2D eigenvalue weighted by atomic mass is 9.96. The summed E-state index contributed by atoms with van der Waals surface area (Å²) in [5.41, 5.74) is 0.736. The van der Waals surface area contributed by atoms with E-state index in [9.17, 15) is 19.8 Å². The first kappa shape index (κ1) is 31.5. The Hall–Kier alpha value is -2.98. The fourth-order valence-corrected chi connectivity index (χ4v) is 4.72. The molecule has 0 saturated carbocycles. The van der Waals surface area contributed by atoms with Gasteiger partial charge < -0.3 is 30.3 Å². The van der Waals surface area contributed by atoms with Crippen LogP contribution in [-0.2, 0) is 27.4 Å². The molecule has 0 radical (unpaired) electrons. The van der Waals surface area contributed by atoms with Gasteiger partial charge in [0, 0.05) is 19.5 Å². The van der Waals surface area contributed by atoms with Crippen molar-refractivity contribution in [1.29, 1.82) is 0 Å². The van der Waals surface area contributed by atoms with Crippen molar-refractivity contribution in [3.05, 3.63) is 65.7 Å². The average molecular weight is 556 g/mol. The molecule has 0 aromatic heterocycles. The van der Waals surface area contributed by atoms with Gasteiger partial charge in [-0.05, 0) is 42.0 Å².